The lowest BCUT2D eigenvalue weighted by Gasteiger charge is -2.34. The molecule has 1 saturated carbocycles. The topological polar surface area (TPSA) is 118 Å². The molecule has 1 saturated heterocycles. The number of carbonyl (C=O) groups is 2. The van der Waals surface area contributed by atoms with Gasteiger partial charge in [-0.05, 0) is 87.3 Å². The number of piperidine rings is 1. The number of aromatic nitrogens is 2. The highest BCUT2D eigenvalue weighted by Crippen LogP contribution is 2.32. The second kappa shape index (κ2) is 13.7. The molecule has 10 nitrogen and oxygen atoms in total. The number of rotatable bonds is 7. The van der Waals surface area contributed by atoms with E-state index in [-0.39, 0.29) is 11.7 Å². The molecule has 1 aliphatic carbocycles. The van der Waals surface area contributed by atoms with Gasteiger partial charge >= 0.3 is 18.1 Å². The Morgan fingerprint density at radius 3 is 2.22 bits per heavy atom. The third-order valence-electron chi connectivity index (χ3n) is 9.00. The largest absolute Gasteiger partial charge is 0.478 e. The standard InChI is InChI=1S/C36H44N4O6/c1-36(2,3)45-35(43)40-19-15-25(16-20-40)31-23-27(13-14-30(31)33(41)42)24-9-11-26(12-10-24)32-37-34(46-38-32)39-21-17-29(18-22-39)44-28-7-5-4-6-8-28/h9-15,23,28-29H,4-8,16-22H2,1-3H3,(H,41,42). The third-order valence-corrected chi connectivity index (χ3v) is 9.00. The Kier molecular flexibility index (Phi) is 9.44. The SMILES string of the molecule is CC(C)(C)OC(=O)N1CC=C(c2cc(-c3ccc(-c4noc(N5CCC(OC6CCCCC6)CC5)n4)cc3)ccc2C(=O)O)CC1. The van der Waals surface area contributed by atoms with Gasteiger partial charge < -0.3 is 28.9 Å². The molecule has 0 bridgehead atoms. The Bertz CT molecular complexity index is 1560. The van der Waals surface area contributed by atoms with E-state index in [2.05, 4.69) is 15.0 Å². The van der Waals surface area contributed by atoms with Crippen molar-refractivity contribution in [1.29, 1.82) is 0 Å². The van der Waals surface area contributed by atoms with Crippen LogP contribution in [0.15, 0.2) is 53.1 Å². The van der Waals surface area contributed by atoms with Crippen LogP contribution >= 0.6 is 0 Å². The van der Waals surface area contributed by atoms with Crippen LogP contribution in [0.25, 0.3) is 28.1 Å². The van der Waals surface area contributed by atoms with Crippen LogP contribution in [0, 0.1) is 0 Å². The van der Waals surface area contributed by atoms with Gasteiger partial charge in [0.25, 0.3) is 0 Å². The Morgan fingerprint density at radius 1 is 0.891 bits per heavy atom. The highest BCUT2D eigenvalue weighted by molar-refractivity contribution is 5.95. The highest BCUT2D eigenvalue weighted by Gasteiger charge is 2.28. The van der Waals surface area contributed by atoms with Crippen molar-refractivity contribution < 1.29 is 28.7 Å². The molecule has 6 rings (SSSR count). The summed E-state index contributed by atoms with van der Waals surface area (Å²) in [6.07, 6.45) is 11.0. The van der Waals surface area contributed by atoms with Crippen LogP contribution in [0.2, 0.25) is 0 Å². The summed E-state index contributed by atoms with van der Waals surface area (Å²) in [5.74, 6) is -0.452. The average Bonchev–Trinajstić information content (AvgIpc) is 3.55. The smallest absolute Gasteiger partial charge is 0.410 e. The number of carbonyl (C=O) groups excluding carboxylic acids is 1. The van der Waals surface area contributed by atoms with Gasteiger partial charge in [0.2, 0.25) is 5.82 Å². The third kappa shape index (κ3) is 7.61. The van der Waals surface area contributed by atoms with Gasteiger partial charge in [0, 0.05) is 31.7 Å². The molecule has 10 heteroatoms. The van der Waals surface area contributed by atoms with Gasteiger partial charge in [0.05, 0.1) is 17.8 Å². The molecule has 3 aliphatic rings. The van der Waals surface area contributed by atoms with E-state index in [4.69, 9.17) is 14.0 Å². The van der Waals surface area contributed by atoms with E-state index in [1.807, 2.05) is 63.2 Å². The van der Waals surface area contributed by atoms with Crippen LogP contribution < -0.4 is 4.90 Å². The number of ether oxygens (including phenoxy) is 2. The molecule has 244 valence electrons. The summed E-state index contributed by atoms with van der Waals surface area (Å²) in [4.78, 5) is 33.1. The molecule has 2 aromatic carbocycles. The Hall–Kier alpha value is -4.18. The van der Waals surface area contributed by atoms with Crippen molar-refractivity contribution in [2.24, 2.45) is 0 Å². The summed E-state index contributed by atoms with van der Waals surface area (Å²) in [6, 6.07) is 13.8. The predicted octanol–water partition coefficient (Wildman–Crippen LogP) is 7.44. The normalized spacial score (nSPS) is 18.4. The molecular formula is C36H44N4O6. The van der Waals surface area contributed by atoms with E-state index in [0.29, 0.717) is 49.1 Å². The number of carboxylic acids is 1. The quantitative estimate of drug-likeness (QED) is 0.285. The maximum atomic E-state index is 12.5. The zero-order chi connectivity index (χ0) is 32.3. The average molecular weight is 629 g/mol. The first-order valence-corrected chi connectivity index (χ1v) is 16.5. The molecule has 2 aliphatic heterocycles. The van der Waals surface area contributed by atoms with Gasteiger partial charge in [-0.15, -0.1) is 0 Å². The van der Waals surface area contributed by atoms with Crippen molar-refractivity contribution >= 4 is 23.7 Å². The number of amides is 1. The van der Waals surface area contributed by atoms with Crippen LogP contribution in [0.1, 0.15) is 88.1 Å². The van der Waals surface area contributed by atoms with Crippen molar-refractivity contribution in [3.63, 3.8) is 0 Å². The van der Waals surface area contributed by atoms with Crippen LogP contribution in [-0.4, -0.2) is 76.2 Å². The van der Waals surface area contributed by atoms with Crippen molar-refractivity contribution in [1.82, 2.24) is 15.0 Å². The first kappa shape index (κ1) is 31.8. The van der Waals surface area contributed by atoms with E-state index in [1.165, 1.54) is 32.1 Å². The summed E-state index contributed by atoms with van der Waals surface area (Å²) in [6.45, 7) is 8.00. The number of aromatic carboxylic acids is 1. The summed E-state index contributed by atoms with van der Waals surface area (Å²) in [7, 11) is 0. The lowest BCUT2D eigenvalue weighted by molar-refractivity contribution is -0.0398. The molecule has 1 aromatic heterocycles. The molecule has 1 amide bonds. The number of nitrogens with zero attached hydrogens (tertiary/aromatic N) is 4. The first-order valence-electron chi connectivity index (χ1n) is 16.5. The Morgan fingerprint density at radius 2 is 1.57 bits per heavy atom. The summed E-state index contributed by atoms with van der Waals surface area (Å²) in [5, 5.41) is 14.2. The molecule has 0 spiro atoms. The molecule has 2 fully saturated rings. The second-order valence-corrected chi connectivity index (χ2v) is 13.5. The molecule has 46 heavy (non-hydrogen) atoms. The summed E-state index contributed by atoms with van der Waals surface area (Å²) in [5.41, 5.74) is 3.91. The van der Waals surface area contributed by atoms with Crippen LogP contribution in [0.5, 0.6) is 0 Å². The number of hydrogen-bond acceptors (Lipinski definition) is 8. The molecule has 1 N–H and O–H groups in total. The predicted molar refractivity (Wildman–Crippen MR) is 176 cm³/mol. The number of anilines is 1. The zero-order valence-corrected chi connectivity index (χ0v) is 27.0. The van der Waals surface area contributed by atoms with E-state index in [0.717, 1.165) is 48.2 Å². The summed E-state index contributed by atoms with van der Waals surface area (Å²) < 4.78 is 17.5. The second-order valence-electron chi connectivity index (χ2n) is 13.5. The molecule has 3 aromatic rings. The van der Waals surface area contributed by atoms with Gasteiger partial charge in [-0.25, -0.2) is 9.59 Å². The maximum Gasteiger partial charge on any atom is 0.410 e. The fourth-order valence-corrected chi connectivity index (χ4v) is 6.51. The number of carboxylic acid groups (broad SMARTS) is 1. The molecule has 3 heterocycles. The fraction of sp³-hybridized carbons (Fsp3) is 0.500. The van der Waals surface area contributed by atoms with Crippen LogP contribution in [0.4, 0.5) is 10.8 Å². The van der Waals surface area contributed by atoms with E-state index in [1.54, 1.807) is 11.0 Å². The fourth-order valence-electron chi connectivity index (χ4n) is 6.51. The van der Waals surface area contributed by atoms with Gasteiger partial charge in [-0.3, -0.25) is 0 Å². The highest BCUT2D eigenvalue weighted by atomic mass is 16.6. The van der Waals surface area contributed by atoms with Crippen LogP contribution in [0.3, 0.4) is 0 Å². The van der Waals surface area contributed by atoms with Gasteiger partial charge in [-0.2, -0.15) is 4.98 Å². The minimum absolute atomic E-state index is 0.237. The van der Waals surface area contributed by atoms with Crippen molar-refractivity contribution in [2.75, 3.05) is 31.1 Å². The zero-order valence-electron chi connectivity index (χ0n) is 27.0. The molecule has 0 radical (unpaired) electrons. The van der Waals surface area contributed by atoms with Gasteiger partial charge in [0.1, 0.15) is 5.60 Å². The minimum Gasteiger partial charge on any atom is -0.478 e. The first-order chi connectivity index (χ1) is 22.1. The molecular weight excluding hydrogens is 584 g/mol. The van der Waals surface area contributed by atoms with E-state index >= 15 is 0 Å². The minimum atomic E-state index is -0.985. The van der Waals surface area contributed by atoms with Crippen molar-refractivity contribution in [2.45, 2.75) is 89.9 Å². The van der Waals surface area contributed by atoms with Gasteiger partial charge in [-0.1, -0.05) is 60.8 Å². The Labute approximate surface area is 270 Å². The lowest BCUT2D eigenvalue weighted by atomic mass is 9.91. The maximum absolute atomic E-state index is 12.5. The number of hydrogen-bond donors (Lipinski definition) is 1. The Balaban J connectivity index is 1.11. The molecule has 0 atom stereocenters. The van der Waals surface area contributed by atoms with E-state index < -0.39 is 11.6 Å². The molecule has 0 unspecified atom stereocenters. The summed E-state index contributed by atoms with van der Waals surface area (Å²) >= 11 is 0. The van der Waals surface area contributed by atoms with Gasteiger partial charge in [0.15, 0.2) is 0 Å². The van der Waals surface area contributed by atoms with Crippen molar-refractivity contribution in [3.05, 3.63) is 59.7 Å². The monoisotopic (exact) mass is 628 g/mol. The van der Waals surface area contributed by atoms with Crippen molar-refractivity contribution in [3.8, 4) is 22.5 Å². The van der Waals surface area contributed by atoms with E-state index in [9.17, 15) is 14.7 Å². The van der Waals surface area contributed by atoms with Crippen LogP contribution in [-0.2, 0) is 9.47 Å². The number of benzene rings is 2. The lowest BCUT2D eigenvalue weighted by Crippen LogP contribution is -2.39.